The fourth-order valence-electron chi connectivity index (χ4n) is 1.13. The number of aromatic nitrogens is 2. The minimum absolute atomic E-state index is 0.431. The summed E-state index contributed by atoms with van der Waals surface area (Å²) in [5, 5.41) is 12.3. The molecule has 0 aliphatic heterocycles. The average molecular weight is 194 g/mol. The van der Waals surface area contributed by atoms with Crippen molar-refractivity contribution >= 4 is 5.82 Å². The average Bonchev–Trinajstić information content (AvgIpc) is 2.45. The molecule has 0 radical (unpaired) electrons. The van der Waals surface area contributed by atoms with Crippen LogP contribution in [-0.4, -0.2) is 23.0 Å². The molecule has 0 aromatic carbocycles. The number of nitrogens with zero attached hydrogens (tertiary/aromatic N) is 3. The van der Waals surface area contributed by atoms with Gasteiger partial charge in [-0.25, -0.2) is 0 Å². The smallest absolute Gasteiger partial charge is 0.145 e. The fourth-order valence-corrected chi connectivity index (χ4v) is 1.13. The van der Waals surface area contributed by atoms with Crippen molar-refractivity contribution in [3.8, 4) is 6.07 Å². The lowest BCUT2D eigenvalue weighted by atomic mass is 10.4. The van der Waals surface area contributed by atoms with Crippen LogP contribution < -0.4 is 5.73 Å². The summed E-state index contributed by atoms with van der Waals surface area (Å²) in [6.07, 6.45) is 0.431. The second-order valence-electron chi connectivity index (χ2n) is 2.95. The summed E-state index contributed by atoms with van der Waals surface area (Å²) in [7, 11) is 0. The number of aryl methyl sites for hydroxylation is 1. The summed E-state index contributed by atoms with van der Waals surface area (Å²) in [5.41, 5.74) is 6.54. The highest BCUT2D eigenvalue weighted by Gasteiger charge is 2.00. The molecule has 0 bridgehead atoms. The molecule has 0 aliphatic carbocycles. The number of anilines is 1. The van der Waals surface area contributed by atoms with Crippen molar-refractivity contribution in [2.75, 3.05) is 18.9 Å². The first kappa shape index (κ1) is 10.5. The van der Waals surface area contributed by atoms with Crippen molar-refractivity contribution in [2.45, 2.75) is 19.9 Å². The van der Waals surface area contributed by atoms with Gasteiger partial charge in [-0.2, -0.15) is 10.4 Å². The summed E-state index contributed by atoms with van der Waals surface area (Å²) in [5.74, 6) is 0.527. The maximum absolute atomic E-state index is 8.27. The second kappa shape index (κ2) is 5.25. The van der Waals surface area contributed by atoms with Crippen LogP contribution in [0.1, 0.15) is 12.1 Å². The molecule has 2 N–H and O–H groups in total. The molecular weight excluding hydrogens is 180 g/mol. The Balaban J connectivity index is 2.25. The minimum atomic E-state index is 0.431. The Morgan fingerprint density at radius 1 is 1.64 bits per heavy atom. The number of nitrogen functional groups attached to an aromatic ring is 1. The molecule has 1 heterocycles. The molecule has 1 rings (SSSR count). The molecule has 0 fully saturated rings. The zero-order valence-electron chi connectivity index (χ0n) is 8.23. The Morgan fingerprint density at radius 3 is 3.00 bits per heavy atom. The Hall–Kier alpha value is -1.54. The Labute approximate surface area is 83.1 Å². The number of ether oxygens (including phenoxy) is 1. The van der Waals surface area contributed by atoms with Crippen LogP contribution in [0.3, 0.4) is 0 Å². The Kier molecular flexibility index (Phi) is 3.95. The standard InChI is InChI=1S/C9H14N4O/c1-8-7-9(11)12-13(8)4-6-14-5-2-3-10/h7H,2,4-6H2,1H3,(H2,11,12). The van der Waals surface area contributed by atoms with E-state index in [0.29, 0.717) is 32.0 Å². The van der Waals surface area contributed by atoms with Crippen LogP contribution in [0.2, 0.25) is 0 Å². The molecule has 0 aliphatic rings. The van der Waals surface area contributed by atoms with E-state index >= 15 is 0 Å². The summed E-state index contributed by atoms with van der Waals surface area (Å²) in [6.45, 7) is 3.66. The summed E-state index contributed by atoms with van der Waals surface area (Å²) >= 11 is 0. The van der Waals surface area contributed by atoms with E-state index in [1.807, 2.05) is 19.1 Å². The maximum atomic E-state index is 8.27. The third-order valence-electron chi connectivity index (χ3n) is 1.81. The molecule has 76 valence electrons. The van der Waals surface area contributed by atoms with Gasteiger partial charge in [-0.1, -0.05) is 0 Å². The van der Waals surface area contributed by atoms with Gasteiger partial charge in [-0.05, 0) is 6.92 Å². The van der Waals surface area contributed by atoms with Crippen molar-refractivity contribution in [1.82, 2.24) is 9.78 Å². The highest BCUT2D eigenvalue weighted by molar-refractivity contribution is 5.28. The maximum Gasteiger partial charge on any atom is 0.145 e. The first-order valence-corrected chi connectivity index (χ1v) is 4.48. The molecule has 0 amide bonds. The van der Waals surface area contributed by atoms with Crippen LogP contribution in [0.4, 0.5) is 5.82 Å². The summed E-state index contributed by atoms with van der Waals surface area (Å²) < 4.78 is 7.01. The van der Waals surface area contributed by atoms with Crippen molar-refractivity contribution in [2.24, 2.45) is 0 Å². The van der Waals surface area contributed by atoms with E-state index in [0.717, 1.165) is 5.69 Å². The molecule has 5 heteroatoms. The summed E-state index contributed by atoms with van der Waals surface area (Å²) in [6, 6.07) is 3.83. The van der Waals surface area contributed by atoms with Crippen LogP contribution in [0, 0.1) is 18.3 Å². The number of rotatable bonds is 5. The van der Waals surface area contributed by atoms with Gasteiger partial charge in [0.15, 0.2) is 0 Å². The molecule has 0 saturated heterocycles. The topological polar surface area (TPSA) is 76.9 Å². The fraction of sp³-hybridized carbons (Fsp3) is 0.556. The molecular formula is C9H14N4O. The minimum Gasteiger partial charge on any atom is -0.382 e. The van der Waals surface area contributed by atoms with Crippen molar-refractivity contribution < 1.29 is 4.74 Å². The predicted octanol–water partition coefficient (Wildman–Crippen LogP) is 0.704. The number of hydrogen-bond donors (Lipinski definition) is 1. The van der Waals surface area contributed by atoms with Crippen molar-refractivity contribution in [3.05, 3.63) is 11.8 Å². The van der Waals surface area contributed by atoms with Crippen LogP contribution in [0.5, 0.6) is 0 Å². The molecule has 0 spiro atoms. The number of nitriles is 1. The molecule has 5 nitrogen and oxygen atoms in total. The van der Waals surface area contributed by atoms with Crippen LogP contribution >= 0.6 is 0 Å². The molecule has 0 atom stereocenters. The van der Waals surface area contributed by atoms with Gasteiger partial charge in [-0.3, -0.25) is 4.68 Å². The van der Waals surface area contributed by atoms with Gasteiger partial charge in [0.25, 0.3) is 0 Å². The number of nitrogens with two attached hydrogens (primary N) is 1. The van der Waals surface area contributed by atoms with E-state index in [9.17, 15) is 0 Å². The SMILES string of the molecule is Cc1cc(N)nn1CCOCCC#N. The zero-order chi connectivity index (χ0) is 10.4. The molecule has 0 unspecified atom stereocenters. The second-order valence-corrected chi connectivity index (χ2v) is 2.95. The highest BCUT2D eigenvalue weighted by atomic mass is 16.5. The lowest BCUT2D eigenvalue weighted by Crippen LogP contribution is -2.09. The third kappa shape index (κ3) is 3.07. The van der Waals surface area contributed by atoms with Crippen LogP contribution in [0.25, 0.3) is 0 Å². The monoisotopic (exact) mass is 194 g/mol. The predicted molar refractivity (Wildman–Crippen MR) is 52.4 cm³/mol. The van der Waals surface area contributed by atoms with Gasteiger partial charge in [0, 0.05) is 11.8 Å². The van der Waals surface area contributed by atoms with E-state index < -0.39 is 0 Å². The van der Waals surface area contributed by atoms with E-state index in [2.05, 4.69) is 5.10 Å². The highest BCUT2D eigenvalue weighted by Crippen LogP contribution is 2.03. The first-order chi connectivity index (χ1) is 6.74. The quantitative estimate of drug-likeness (QED) is 0.700. The normalized spacial score (nSPS) is 10.0. The van der Waals surface area contributed by atoms with Gasteiger partial charge in [0.1, 0.15) is 5.82 Å². The first-order valence-electron chi connectivity index (χ1n) is 4.48. The lowest BCUT2D eigenvalue weighted by molar-refractivity contribution is 0.128. The van der Waals surface area contributed by atoms with Gasteiger partial charge in [-0.15, -0.1) is 0 Å². The number of hydrogen-bond acceptors (Lipinski definition) is 4. The van der Waals surface area contributed by atoms with E-state index in [1.54, 1.807) is 4.68 Å². The largest absolute Gasteiger partial charge is 0.382 e. The van der Waals surface area contributed by atoms with Gasteiger partial charge in [0.05, 0.1) is 32.2 Å². The summed E-state index contributed by atoms with van der Waals surface area (Å²) in [4.78, 5) is 0. The Bertz CT molecular complexity index is 326. The van der Waals surface area contributed by atoms with Crippen LogP contribution in [-0.2, 0) is 11.3 Å². The van der Waals surface area contributed by atoms with Gasteiger partial charge < -0.3 is 10.5 Å². The lowest BCUT2D eigenvalue weighted by Gasteiger charge is -2.03. The van der Waals surface area contributed by atoms with E-state index in [-0.39, 0.29) is 0 Å². The van der Waals surface area contributed by atoms with E-state index in [4.69, 9.17) is 15.7 Å². The molecule has 0 saturated carbocycles. The van der Waals surface area contributed by atoms with Gasteiger partial charge >= 0.3 is 0 Å². The Morgan fingerprint density at radius 2 is 2.43 bits per heavy atom. The van der Waals surface area contributed by atoms with Crippen LogP contribution in [0.15, 0.2) is 6.07 Å². The van der Waals surface area contributed by atoms with Crippen molar-refractivity contribution in [1.29, 1.82) is 5.26 Å². The molecule has 1 aromatic rings. The van der Waals surface area contributed by atoms with Crippen molar-refractivity contribution in [3.63, 3.8) is 0 Å². The zero-order valence-corrected chi connectivity index (χ0v) is 8.23. The third-order valence-corrected chi connectivity index (χ3v) is 1.81. The molecule has 1 aromatic heterocycles. The molecule has 14 heavy (non-hydrogen) atoms. The van der Waals surface area contributed by atoms with E-state index in [1.165, 1.54) is 0 Å². The van der Waals surface area contributed by atoms with Gasteiger partial charge in [0.2, 0.25) is 0 Å².